The Morgan fingerprint density at radius 3 is 2.92 bits per heavy atom. The smallest absolute Gasteiger partial charge is 0.347 e. The minimum atomic E-state index is -0.441. The van der Waals surface area contributed by atoms with E-state index in [1.807, 2.05) is 23.6 Å². The van der Waals surface area contributed by atoms with Gasteiger partial charge < -0.3 is 5.32 Å². The Morgan fingerprint density at radius 1 is 1.29 bits per heavy atom. The van der Waals surface area contributed by atoms with E-state index in [4.69, 9.17) is 0 Å². The van der Waals surface area contributed by atoms with Crippen molar-refractivity contribution in [3.63, 3.8) is 0 Å². The van der Waals surface area contributed by atoms with Gasteiger partial charge in [-0.2, -0.15) is 11.3 Å². The maximum absolute atomic E-state index is 12.4. The summed E-state index contributed by atoms with van der Waals surface area (Å²) < 4.78 is 1.28. The van der Waals surface area contributed by atoms with Crippen molar-refractivity contribution in [3.8, 4) is 0 Å². The summed E-state index contributed by atoms with van der Waals surface area (Å²) in [5.41, 5.74) is 1.63. The molecular formula is C17H16N4O2S. The molecule has 0 unspecified atom stereocenters. The molecule has 1 amide bonds. The van der Waals surface area contributed by atoms with E-state index < -0.39 is 5.69 Å². The number of hydrogen-bond donors (Lipinski definition) is 1. The van der Waals surface area contributed by atoms with E-state index in [2.05, 4.69) is 20.7 Å². The molecule has 0 saturated carbocycles. The van der Waals surface area contributed by atoms with E-state index in [0.717, 1.165) is 11.1 Å². The second kappa shape index (κ2) is 7.65. The molecule has 0 spiro atoms. The van der Waals surface area contributed by atoms with Crippen molar-refractivity contribution < 1.29 is 4.79 Å². The number of thiophene rings is 1. The minimum Gasteiger partial charge on any atom is -0.347 e. The van der Waals surface area contributed by atoms with Gasteiger partial charge in [0.15, 0.2) is 0 Å². The van der Waals surface area contributed by atoms with Crippen molar-refractivity contribution >= 4 is 17.2 Å². The van der Waals surface area contributed by atoms with Gasteiger partial charge in [0.25, 0.3) is 0 Å². The molecular weight excluding hydrogens is 324 g/mol. The Labute approximate surface area is 142 Å². The van der Waals surface area contributed by atoms with Crippen LogP contribution in [0.15, 0.2) is 64.6 Å². The first-order valence-corrected chi connectivity index (χ1v) is 8.38. The molecule has 3 aromatic rings. The lowest BCUT2D eigenvalue weighted by Gasteiger charge is -2.19. The van der Waals surface area contributed by atoms with Gasteiger partial charge in [0.05, 0.1) is 6.04 Å². The fourth-order valence-electron chi connectivity index (χ4n) is 2.38. The molecule has 3 rings (SSSR count). The number of nitrogens with zero attached hydrogens (tertiary/aromatic N) is 3. The van der Waals surface area contributed by atoms with E-state index in [1.165, 1.54) is 10.8 Å². The van der Waals surface area contributed by atoms with Crippen LogP contribution < -0.4 is 11.0 Å². The Bertz CT molecular complexity index is 846. The van der Waals surface area contributed by atoms with Crippen LogP contribution in [0.1, 0.15) is 17.2 Å². The van der Waals surface area contributed by atoms with Crippen molar-refractivity contribution in [2.24, 2.45) is 0 Å². The number of carbonyl (C=O) groups excluding carboxylic acids is 1. The van der Waals surface area contributed by atoms with Gasteiger partial charge >= 0.3 is 5.69 Å². The number of pyridine rings is 1. The number of hydrogen-bond acceptors (Lipinski definition) is 5. The van der Waals surface area contributed by atoms with Crippen LogP contribution in [0.3, 0.4) is 0 Å². The van der Waals surface area contributed by atoms with Gasteiger partial charge in [0.2, 0.25) is 5.91 Å². The highest BCUT2D eigenvalue weighted by Gasteiger charge is 2.16. The highest BCUT2D eigenvalue weighted by Crippen LogP contribution is 2.19. The average molecular weight is 340 g/mol. The fourth-order valence-corrected chi connectivity index (χ4v) is 3.06. The van der Waals surface area contributed by atoms with Crippen LogP contribution >= 0.6 is 11.3 Å². The Morgan fingerprint density at radius 2 is 2.21 bits per heavy atom. The molecule has 0 aliphatic rings. The van der Waals surface area contributed by atoms with Gasteiger partial charge in [-0.1, -0.05) is 6.07 Å². The number of aromatic nitrogens is 3. The molecule has 1 atom stereocenters. The highest BCUT2D eigenvalue weighted by atomic mass is 32.1. The van der Waals surface area contributed by atoms with Crippen LogP contribution in [0.4, 0.5) is 0 Å². The van der Waals surface area contributed by atoms with Crippen LogP contribution in [0, 0.1) is 0 Å². The van der Waals surface area contributed by atoms with Crippen molar-refractivity contribution in [3.05, 3.63) is 81.4 Å². The van der Waals surface area contributed by atoms with Gasteiger partial charge in [0.1, 0.15) is 6.54 Å². The summed E-state index contributed by atoms with van der Waals surface area (Å²) in [6.45, 7) is -0.0624. The molecule has 0 aliphatic heterocycles. The Kier molecular flexibility index (Phi) is 5.12. The number of carbonyl (C=O) groups is 1. The van der Waals surface area contributed by atoms with E-state index >= 15 is 0 Å². The summed E-state index contributed by atoms with van der Waals surface area (Å²) >= 11 is 1.62. The van der Waals surface area contributed by atoms with E-state index in [-0.39, 0.29) is 18.5 Å². The molecule has 0 aromatic carbocycles. The molecule has 3 heterocycles. The first-order valence-electron chi connectivity index (χ1n) is 7.44. The van der Waals surface area contributed by atoms with E-state index in [1.54, 1.807) is 36.0 Å². The third kappa shape index (κ3) is 4.14. The lowest BCUT2D eigenvalue weighted by atomic mass is 10.0. The van der Waals surface area contributed by atoms with E-state index in [9.17, 15) is 9.59 Å². The van der Waals surface area contributed by atoms with Crippen molar-refractivity contribution in [2.75, 3.05) is 0 Å². The second-order valence-corrected chi connectivity index (χ2v) is 6.05. The molecule has 3 aromatic heterocycles. The predicted octanol–water partition coefficient (Wildman–Crippen LogP) is 1.80. The van der Waals surface area contributed by atoms with Crippen molar-refractivity contribution in [1.82, 2.24) is 19.9 Å². The van der Waals surface area contributed by atoms with Gasteiger partial charge in [-0.15, -0.1) is 0 Å². The zero-order valence-electron chi connectivity index (χ0n) is 12.8. The molecule has 0 aliphatic carbocycles. The molecule has 122 valence electrons. The molecule has 0 fully saturated rings. The van der Waals surface area contributed by atoms with Crippen LogP contribution in [0.25, 0.3) is 0 Å². The molecule has 6 nitrogen and oxygen atoms in total. The summed E-state index contributed by atoms with van der Waals surface area (Å²) in [4.78, 5) is 31.8. The maximum Gasteiger partial charge on any atom is 0.347 e. The Hall–Kier alpha value is -2.80. The second-order valence-electron chi connectivity index (χ2n) is 5.27. The predicted molar refractivity (Wildman–Crippen MR) is 91.6 cm³/mol. The maximum atomic E-state index is 12.4. The summed E-state index contributed by atoms with van der Waals surface area (Å²) in [5, 5.41) is 7.05. The summed E-state index contributed by atoms with van der Waals surface area (Å²) in [6.07, 6.45) is 7.07. The molecule has 7 heteroatoms. The average Bonchev–Trinajstić information content (AvgIpc) is 3.10. The quantitative estimate of drug-likeness (QED) is 0.742. The lowest BCUT2D eigenvalue weighted by molar-refractivity contribution is -0.122. The molecule has 1 N–H and O–H groups in total. The third-order valence-corrected chi connectivity index (χ3v) is 4.27. The van der Waals surface area contributed by atoms with Gasteiger partial charge in [-0.25, -0.2) is 9.78 Å². The fraction of sp³-hybridized carbons (Fsp3) is 0.176. The number of amides is 1. The number of rotatable bonds is 6. The van der Waals surface area contributed by atoms with Crippen molar-refractivity contribution in [2.45, 2.75) is 19.0 Å². The zero-order chi connectivity index (χ0) is 16.8. The summed E-state index contributed by atoms with van der Waals surface area (Å²) in [5.74, 6) is -0.241. The molecule has 0 bridgehead atoms. The van der Waals surface area contributed by atoms with Gasteiger partial charge in [-0.05, 0) is 46.5 Å². The van der Waals surface area contributed by atoms with Crippen LogP contribution in [0.5, 0.6) is 0 Å². The SMILES string of the molecule is O=C(Cn1cccnc1=O)N[C@H](Cc1ccsc1)c1cccnc1. The Balaban J connectivity index is 1.75. The zero-order valence-corrected chi connectivity index (χ0v) is 13.6. The highest BCUT2D eigenvalue weighted by molar-refractivity contribution is 7.07. The summed E-state index contributed by atoms with van der Waals surface area (Å²) in [7, 11) is 0. The summed E-state index contributed by atoms with van der Waals surface area (Å²) in [6, 6.07) is 7.23. The van der Waals surface area contributed by atoms with Crippen molar-refractivity contribution in [1.29, 1.82) is 0 Å². The molecule has 0 radical (unpaired) electrons. The van der Waals surface area contributed by atoms with Gasteiger partial charge in [0, 0.05) is 24.8 Å². The van der Waals surface area contributed by atoms with Crippen LogP contribution in [-0.4, -0.2) is 20.4 Å². The third-order valence-electron chi connectivity index (χ3n) is 3.54. The standard InChI is InChI=1S/C17H16N4O2S/c22-16(11-21-7-2-6-19-17(21)23)20-15(9-13-4-8-24-12-13)14-3-1-5-18-10-14/h1-8,10,12,15H,9,11H2,(H,20,22)/t15-/m1/s1. The lowest BCUT2D eigenvalue weighted by Crippen LogP contribution is -2.35. The van der Waals surface area contributed by atoms with Gasteiger partial charge in [-0.3, -0.25) is 14.3 Å². The first-order chi connectivity index (χ1) is 11.7. The minimum absolute atomic E-state index is 0.0624. The molecule has 24 heavy (non-hydrogen) atoms. The first kappa shape index (κ1) is 16.1. The normalized spacial score (nSPS) is 11.8. The van der Waals surface area contributed by atoms with Crippen LogP contribution in [-0.2, 0) is 17.8 Å². The van der Waals surface area contributed by atoms with Crippen LogP contribution in [0.2, 0.25) is 0 Å². The molecule has 0 saturated heterocycles. The topological polar surface area (TPSA) is 76.9 Å². The van der Waals surface area contributed by atoms with E-state index in [0.29, 0.717) is 6.42 Å². The monoisotopic (exact) mass is 340 g/mol. The number of nitrogens with one attached hydrogen (secondary N) is 1. The largest absolute Gasteiger partial charge is 0.347 e.